The zero-order valence-corrected chi connectivity index (χ0v) is 24.1. The molecule has 0 spiro atoms. The van der Waals surface area contributed by atoms with E-state index in [1.807, 2.05) is 49.4 Å². The molecule has 1 amide bonds. The molecule has 1 N–H and O–H groups in total. The summed E-state index contributed by atoms with van der Waals surface area (Å²) in [5.41, 5.74) is 4.62. The maximum absolute atomic E-state index is 12.6. The van der Waals surface area contributed by atoms with Crippen molar-refractivity contribution in [2.75, 3.05) is 52.2 Å². The van der Waals surface area contributed by atoms with E-state index in [0.29, 0.717) is 0 Å². The normalized spacial score (nSPS) is 14.7. The van der Waals surface area contributed by atoms with E-state index < -0.39 is 0 Å². The fourth-order valence-corrected chi connectivity index (χ4v) is 6.54. The number of fused-ring (bicyclic) bond motifs is 1. The van der Waals surface area contributed by atoms with Crippen LogP contribution in [-0.4, -0.2) is 62.6 Å². The van der Waals surface area contributed by atoms with Gasteiger partial charge in [-0.25, -0.2) is 0 Å². The minimum absolute atomic E-state index is 0.0440. The van der Waals surface area contributed by atoms with Crippen LogP contribution >= 0.6 is 11.3 Å². The summed E-state index contributed by atoms with van der Waals surface area (Å²) in [6.45, 7) is 6.83. The van der Waals surface area contributed by atoms with Gasteiger partial charge in [-0.2, -0.15) is 0 Å². The van der Waals surface area contributed by atoms with Gasteiger partial charge in [-0.3, -0.25) is 9.69 Å². The van der Waals surface area contributed by atoms with Crippen molar-refractivity contribution < 1.29 is 9.53 Å². The zero-order chi connectivity index (χ0) is 27.2. The number of hydrogen-bond donors (Lipinski definition) is 1. The van der Waals surface area contributed by atoms with Crippen molar-refractivity contribution in [3.8, 4) is 16.2 Å². The second-order valence-electron chi connectivity index (χ2n) is 10.9. The number of amides is 1. The SMILES string of the molecule is CC(CN(C)C)C(=O)Nc1ccc(-c2sc3ccccc3c2Cc2ccc(OCCN3CCCC3)cc2)cc1. The molecule has 1 aliphatic heterocycles. The molecule has 6 heteroatoms. The van der Waals surface area contributed by atoms with Crippen LogP contribution in [0.4, 0.5) is 5.69 Å². The number of carbonyl (C=O) groups is 1. The summed E-state index contributed by atoms with van der Waals surface area (Å²) in [4.78, 5) is 18.4. The van der Waals surface area contributed by atoms with Gasteiger partial charge in [0.05, 0.1) is 0 Å². The van der Waals surface area contributed by atoms with E-state index in [-0.39, 0.29) is 11.8 Å². The van der Waals surface area contributed by atoms with Gasteiger partial charge in [0.25, 0.3) is 0 Å². The Morgan fingerprint density at radius 2 is 1.72 bits per heavy atom. The summed E-state index contributed by atoms with van der Waals surface area (Å²) in [6, 6.07) is 25.5. The molecule has 0 radical (unpaired) electrons. The lowest BCUT2D eigenvalue weighted by molar-refractivity contribution is -0.119. The second-order valence-corrected chi connectivity index (χ2v) is 11.9. The van der Waals surface area contributed by atoms with Crippen LogP contribution in [0.15, 0.2) is 72.8 Å². The molecule has 39 heavy (non-hydrogen) atoms. The maximum atomic E-state index is 12.6. The number of anilines is 1. The van der Waals surface area contributed by atoms with E-state index in [2.05, 4.69) is 70.9 Å². The van der Waals surface area contributed by atoms with E-state index in [4.69, 9.17) is 4.74 Å². The Balaban J connectivity index is 1.30. The maximum Gasteiger partial charge on any atom is 0.228 e. The molecule has 1 saturated heterocycles. The largest absolute Gasteiger partial charge is 0.492 e. The number of nitrogens with one attached hydrogen (secondary N) is 1. The van der Waals surface area contributed by atoms with Gasteiger partial charge in [-0.1, -0.05) is 49.4 Å². The van der Waals surface area contributed by atoms with Crippen LogP contribution in [-0.2, 0) is 11.2 Å². The zero-order valence-electron chi connectivity index (χ0n) is 23.3. The molecule has 0 aliphatic carbocycles. The third-order valence-electron chi connectivity index (χ3n) is 7.38. The van der Waals surface area contributed by atoms with Crippen molar-refractivity contribution in [3.63, 3.8) is 0 Å². The third-order valence-corrected chi connectivity index (χ3v) is 8.64. The van der Waals surface area contributed by atoms with Crippen molar-refractivity contribution in [2.24, 2.45) is 5.92 Å². The fourth-order valence-electron chi connectivity index (χ4n) is 5.31. The summed E-state index contributed by atoms with van der Waals surface area (Å²) in [5, 5.41) is 4.37. The Labute approximate surface area is 236 Å². The topological polar surface area (TPSA) is 44.8 Å². The van der Waals surface area contributed by atoms with E-state index in [0.717, 1.165) is 37.6 Å². The molecule has 1 atom stereocenters. The first-order valence-corrected chi connectivity index (χ1v) is 14.8. The number of thiophene rings is 1. The number of hydrogen-bond acceptors (Lipinski definition) is 5. The van der Waals surface area contributed by atoms with Gasteiger partial charge in [0, 0.05) is 34.3 Å². The van der Waals surface area contributed by atoms with Crippen molar-refractivity contribution in [1.82, 2.24) is 9.80 Å². The number of ether oxygens (including phenoxy) is 1. The quantitative estimate of drug-likeness (QED) is 0.228. The standard InChI is InChI=1S/C33H39N3O2S/c1-24(23-35(2)3)33(37)34-27-14-12-26(13-15-27)32-30(29-8-4-5-9-31(29)39-32)22-25-10-16-28(17-11-25)38-21-20-36-18-6-7-19-36/h4-5,8-17,24H,6-7,18-23H2,1-3H3,(H,34,37). The van der Waals surface area contributed by atoms with Gasteiger partial charge in [0.15, 0.2) is 0 Å². The Morgan fingerprint density at radius 3 is 2.44 bits per heavy atom. The predicted molar refractivity (Wildman–Crippen MR) is 164 cm³/mol. The van der Waals surface area contributed by atoms with Crippen LogP contribution < -0.4 is 10.1 Å². The number of carbonyl (C=O) groups excluding carboxylic acids is 1. The van der Waals surface area contributed by atoms with Crippen LogP contribution in [0.25, 0.3) is 20.5 Å². The number of likely N-dealkylation sites (tertiary alicyclic amines) is 1. The number of rotatable bonds is 11. The molecule has 5 rings (SSSR count). The molecular formula is C33H39N3O2S. The Morgan fingerprint density at radius 1 is 1.00 bits per heavy atom. The molecular weight excluding hydrogens is 502 g/mol. The molecule has 0 bridgehead atoms. The van der Waals surface area contributed by atoms with Crippen molar-refractivity contribution in [2.45, 2.75) is 26.2 Å². The molecule has 5 nitrogen and oxygen atoms in total. The van der Waals surface area contributed by atoms with Crippen LogP contribution in [0.1, 0.15) is 30.9 Å². The molecule has 2 heterocycles. The first-order chi connectivity index (χ1) is 19.0. The first kappa shape index (κ1) is 27.4. The van der Waals surface area contributed by atoms with Crippen LogP contribution in [0, 0.1) is 5.92 Å². The minimum Gasteiger partial charge on any atom is -0.492 e. The smallest absolute Gasteiger partial charge is 0.228 e. The molecule has 1 aromatic heterocycles. The fraction of sp³-hybridized carbons (Fsp3) is 0.364. The van der Waals surface area contributed by atoms with Crippen LogP contribution in [0.5, 0.6) is 5.75 Å². The van der Waals surface area contributed by atoms with Gasteiger partial charge >= 0.3 is 0 Å². The lowest BCUT2D eigenvalue weighted by Gasteiger charge is -2.16. The summed E-state index contributed by atoms with van der Waals surface area (Å²) >= 11 is 1.83. The highest BCUT2D eigenvalue weighted by Crippen LogP contribution is 2.40. The Bertz CT molecular complexity index is 1370. The van der Waals surface area contributed by atoms with Gasteiger partial charge in [-0.05, 0) is 98.9 Å². The van der Waals surface area contributed by atoms with Crippen molar-refractivity contribution in [1.29, 1.82) is 0 Å². The molecule has 1 unspecified atom stereocenters. The van der Waals surface area contributed by atoms with E-state index >= 15 is 0 Å². The van der Waals surface area contributed by atoms with Gasteiger partial charge in [0.2, 0.25) is 5.91 Å². The highest BCUT2D eigenvalue weighted by atomic mass is 32.1. The molecule has 4 aromatic rings. The number of nitrogens with zero attached hydrogens (tertiary/aromatic N) is 2. The van der Waals surface area contributed by atoms with Crippen molar-refractivity contribution >= 4 is 33.0 Å². The Kier molecular flexibility index (Phi) is 8.97. The summed E-state index contributed by atoms with van der Waals surface area (Å²) in [6.07, 6.45) is 3.48. The molecule has 1 aliphatic rings. The lowest BCUT2D eigenvalue weighted by atomic mass is 9.99. The van der Waals surface area contributed by atoms with Crippen LogP contribution in [0.2, 0.25) is 0 Å². The molecule has 1 fully saturated rings. The van der Waals surface area contributed by atoms with Gasteiger partial charge in [-0.15, -0.1) is 11.3 Å². The Hall–Kier alpha value is -3.19. The van der Waals surface area contributed by atoms with Crippen LogP contribution in [0.3, 0.4) is 0 Å². The van der Waals surface area contributed by atoms with Gasteiger partial charge in [0.1, 0.15) is 12.4 Å². The van der Waals surface area contributed by atoms with E-state index in [1.165, 1.54) is 57.6 Å². The van der Waals surface area contributed by atoms with Crippen molar-refractivity contribution in [3.05, 3.63) is 83.9 Å². The highest BCUT2D eigenvalue weighted by Gasteiger charge is 2.17. The highest BCUT2D eigenvalue weighted by molar-refractivity contribution is 7.22. The second kappa shape index (κ2) is 12.8. The summed E-state index contributed by atoms with van der Waals surface area (Å²) < 4.78 is 7.31. The first-order valence-electron chi connectivity index (χ1n) is 14.0. The molecule has 204 valence electrons. The predicted octanol–water partition coefficient (Wildman–Crippen LogP) is 6.77. The van der Waals surface area contributed by atoms with E-state index in [1.54, 1.807) is 0 Å². The summed E-state index contributed by atoms with van der Waals surface area (Å²) in [5.74, 6) is 0.907. The molecule has 3 aromatic carbocycles. The van der Waals surface area contributed by atoms with E-state index in [9.17, 15) is 4.79 Å². The monoisotopic (exact) mass is 541 g/mol. The third kappa shape index (κ3) is 7.07. The molecule has 0 saturated carbocycles. The summed E-state index contributed by atoms with van der Waals surface area (Å²) in [7, 11) is 3.97. The van der Waals surface area contributed by atoms with Gasteiger partial charge < -0.3 is 15.0 Å². The average molecular weight is 542 g/mol. The minimum atomic E-state index is -0.0734. The average Bonchev–Trinajstić information content (AvgIpc) is 3.58. The number of benzene rings is 3. The lowest BCUT2D eigenvalue weighted by Crippen LogP contribution is -2.29.